The lowest BCUT2D eigenvalue weighted by atomic mass is 10.0. The highest BCUT2D eigenvalue weighted by molar-refractivity contribution is 5.38. The van der Waals surface area contributed by atoms with Crippen LogP contribution in [0, 0.1) is 0 Å². The van der Waals surface area contributed by atoms with Crippen LogP contribution in [0.3, 0.4) is 0 Å². The summed E-state index contributed by atoms with van der Waals surface area (Å²) in [4.78, 5) is 0. The predicted molar refractivity (Wildman–Crippen MR) is 63.3 cm³/mol. The van der Waals surface area contributed by atoms with Crippen LogP contribution in [0.2, 0.25) is 0 Å². The van der Waals surface area contributed by atoms with E-state index < -0.39 is 0 Å². The van der Waals surface area contributed by atoms with Crippen molar-refractivity contribution in [3.63, 3.8) is 0 Å². The van der Waals surface area contributed by atoms with Crippen molar-refractivity contribution in [2.45, 2.75) is 33.6 Å². The lowest BCUT2D eigenvalue weighted by molar-refractivity contribution is 0.400. The average molecular weight is 192 g/mol. The Kier molecular flexibility index (Phi) is 6.55. The molecule has 0 heterocycles. The molecule has 0 aliphatic heterocycles. The van der Waals surface area contributed by atoms with Gasteiger partial charge in [-0.2, -0.15) is 0 Å². The Balaban J connectivity index is 4.63. The van der Waals surface area contributed by atoms with Crippen molar-refractivity contribution in [1.82, 2.24) is 0 Å². The number of aliphatic hydroxyl groups is 1. The highest BCUT2D eigenvalue weighted by Gasteiger charge is 1.97. The molecule has 0 unspecified atom stereocenters. The Labute approximate surface area is 87.2 Å². The molecule has 0 aliphatic carbocycles. The third kappa shape index (κ3) is 4.13. The van der Waals surface area contributed by atoms with E-state index in [-0.39, 0.29) is 0 Å². The van der Waals surface area contributed by atoms with Crippen molar-refractivity contribution in [3.8, 4) is 0 Å². The van der Waals surface area contributed by atoms with E-state index in [1.54, 1.807) is 6.08 Å². The zero-order valence-electron chi connectivity index (χ0n) is 9.38. The monoisotopic (exact) mass is 192 g/mol. The van der Waals surface area contributed by atoms with Crippen molar-refractivity contribution in [3.05, 3.63) is 47.8 Å². The van der Waals surface area contributed by atoms with Gasteiger partial charge in [-0.25, -0.2) is 0 Å². The van der Waals surface area contributed by atoms with Gasteiger partial charge in [-0.15, -0.1) is 0 Å². The molecule has 1 heteroatoms. The molecule has 78 valence electrons. The van der Waals surface area contributed by atoms with Crippen molar-refractivity contribution in [1.29, 1.82) is 0 Å². The van der Waals surface area contributed by atoms with Crippen LogP contribution in [-0.4, -0.2) is 5.11 Å². The van der Waals surface area contributed by atoms with Crippen LogP contribution in [0.15, 0.2) is 47.8 Å². The molecule has 0 aromatic carbocycles. The summed E-state index contributed by atoms with van der Waals surface area (Å²) in [6, 6.07) is 0. The van der Waals surface area contributed by atoms with Crippen LogP contribution < -0.4 is 0 Å². The van der Waals surface area contributed by atoms with Crippen LogP contribution in [0.25, 0.3) is 0 Å². The van der Waals surface area contributed by atoms with E-state index in [1.165, 1.54) is 5.57 Å². The van der Waals surface area contributed by atoms with Gasteiger partial charge in [0.2, 0.25) is 0 Å². The standard InChI is InChI=1S/C13H20O/c1-5-11(6-2)12(7-3)9-10-13(14)8-4/h5,7-9,14H,3,6,10H2,1-2,4H3/b11-5+,12-9+,13-8+. The maximum Gasteiger partial charge on any atom is 0.0917 e. The average Bonchev–Trinajstić information content (AvgIpc) is 2.23. The Morgan fingerprint density at radius 2 is 1.93 bits per heavy atom. The molecule has 0 saturated heterocycles. The molecular weight excluding hydrogens is 172 g/mol. The molecule has 14 heavy (non-hydrogen) atoms. The van der Waals surface area contributed by atoms with Gasteiger partial charge in [0.15, 0.2) is 0 Å². The minimum Gasteiger partial charge on any atom is -0.512 e. The van der Waals surface area contributed by atoms with E-state index in [9.17, 15) is 5.11 Å². The molecule has 0 atom stereocenters. The third-order valence-corrected chi connectivity index (χ3v) is 2.18. The van der Waals surface area contributed by atoms with Gasteiger partial charge >= 0.3 is 0 Å². The molecule has 0 bridgehead atoms. The molecule has 0 aromatic heterocycles. The minimum atomic E-state index is 0.399. The lowest BCUT2D eigenvalue weighted by Gasteiger charge is -2.04. The molecule has 0 amide bonds. The molecule has 0 aromatic rings. The van der Waals surface area contributed by atoms with E-state index in [0.29, 0.717) is 12.2 Å². The summed E-state index contributed by atoms with van der Waals surface area (Å²) in [5, 5.41) is 9.29. The van der Waals surface area contributed by atoms with E-state index in [2.05, 4.69) is 19.6 Å². The summed E-state index contributed by atoms with van der Waals surface area (Å²) in [5.74, 6) is 0.399. The molecule has 0 radical (unpaired) electrons. The fourth-order valence-corrected chi connectivity index (χ4v) is 1.25. The predicted octanol–water partition coefficient (Wildman–Crippen LogP) is 4.31. The fourth-order valence-electron chi connectivity index (χ4n) is 1.25. The fraction of sp³-hybridized carbons (Fsp3) is 0.385. The van der Waals surface area contributed by atoms with Gasteiger partial charge < -0.3 is 5.11 Å². The second-order valence-corrected chi connectivity index (χ2v) is 3.02. The summed E-state index contributed by atoms with van der Waals surface area (Å²) < 4.78 is 0. The van der Waals surface area contributed by atoms with Gasteiger partial charge in [-0.1, -0.05) is 31.7 Å². The van der Waals surface area contributed by atoms with Gasteiger partial charge in [0, 0.05) is 6.42 Å². The molecule has 0 rings (SSSR count). The third-order valence-electron chi connectivity index (χ3n) is 2.18. The van der Waals surface area contributed by atoms with Gasteiger partial charge in [-0.3, -0.25) is 0 Å². The Bertz CT molecular complexity index is 267. The van der Waals surface area contributed by atoms with E-state index in [1.807, 2.05) is 26.0 Å². The van der Waals surface area contributed by atoms with Crippen LogP contribution in [0.5, 0.6) is 0 Å². The summed E-state index contributed by atoms with van der Waals surface area (Å²) in [5.41, 5.74) is 2.38. The summed E-state index contributed by atoms with van der Waals surface area (Å²) in [6.45, 7) is 9.73. The molecule has 0 fully saturated rings. The van der Waals surface area contributed by atoms with Crippen molar-refractivity contribution < 1.29 is 5.11 Å². The Hall–Kier alpha value is -1.24. The summed E-state index contributed by atoms with van der Waals surface area (Å²) in [7, 11) is 0. The van der Waals surface area contributed by atoms with Gasteiger partial charge in [0.25, 0.3) is 0 Å². The molecular formula is C13H20O. The first-order valence-electron chi connectivity index (χ1n) is 5.01. The molecule has 0 spiro atoms. The van der Waals surface area contributed by atoms with Gasteiger partial charge in [0.1, 0.15) is 0 Å². The van der Waals surface area contributed by atoms with E-state index in [0.717, 1.165) is 12.0 Å². The quantitative estimate of drug-likeness (QED) is 0.508. The Morgan fingerprint density at radius 3 is 2.29 bits per heavy atom. The first-order valence-corrected chi connectivity index (χ1v) is 5.01. The van der Waals surface area contributed by atoms with Crippen molar-refractivity contribution in [2.24, 2.45) is 0 Å². The number of rotatable bonds is 5. The van der Waals surface area contributed by atoms with Gasteiger partial charge in [0.05, 0.1) is 5.76 Å². The zero-order chi connectivity index (χ0) is 11.0. The van der Waals surface area contributed by atoms with E-state index in [4.69, 9.17) is 0 Å². The van der Waals surface area contributed by atoms with Crippen molar-refractivity contribution >= 4 is 0 Å². The lowest BCUT2D eigenvalue weighted by Crippen LogP contribution is -1.86. The van der Waals surface area contributed by atoms with Crippen molar-refractivity contribution in [2.75, 3.05) is 0 Å². The second kappa shape index (κ2) is 7.19. The number of hydrogen-bond donors (Lipinski definition) is 1. The highest BCUT2D eigenvalue weighted by Crippen LogP contribution is 2.16. The Morgan fingerprint density at radius 1 is 1.29 bits per heavy atom. The zero-order valence-corrected chi connectivity index (χ0v) is 9.38. The molecule has 1 N–H and O–H groups in total. The van der Waals surface area contributed by atoms with Crippen LogP contribution >= 0.6 is 0 Å². The number of hydrogen-bond acceptors (Lipinski definition) is 1. The van der Waals surface area contributed by atoms with Crippen LogP contribution in [0.4, 0.5) is 0 Å². The smallest absolute Gasteiger partial charge is 0.0917 e. The first-order chi connectivity index (χ1) is 6.69. The normalized spacial score (nSPS) is 14.4. The molecule has 0 aliphatic rings. The van der Waals surface area contributed by atoms with Crippen LogP contribution in [0.1, 0.15) is 33.6 Å². The topological polar surface area (TPSA) is 20.2 Å². The molecule has 1 nitrogen and oxygen atoms in total. The maximum atomic E-state index is 9.29. The maximum absolute atomic E-state index is 9.29. The second-order valence-electron chi connectivity index (χ2n) is 3.02. The number of allylic oxidation sites excluding steroid dienone is 6. The number of aliphatic hydroxyl groups excluding tert-OH is 1. The minimum absolute atomic E-state index is 0.399. The first kappa shape index (κ1) is 12.8. The summed E-state index contributed by atoms with van der Waals surface area (Å²) in [6.07, 6.45) is 9.20. The molecule has 0 saturated carbocycles. The van der Waals surface area contributed by atoms with E-state index >= 15 is 0 Å². The largest absolute Gasteiger partial charge is 0.512 e. The summed E-state index contributed by atoms with van der Waals surface area (Å²) >= 11 is 0. The highest BCUT2D eigenvalue weighted by atomic mass is 16.3. The van der Waals surface area contributed by atoms with Gasteiger partial charge in [-0.05, 0) is 37.5 Å². The van der Waals surface area contributed by atoms with Crippen LogP contribution in [-0.2, 0) is 0 Å². The SMILES string of the molecule is C=CC(=C\C/C(O)=C\C)/C(=C/C)CC.